The second-order valence-electron chi connectivity index (χ2n) is 6.77. The van der Waals surface area contributed by atoms with Crippen LogP contribution in [0.5, 0.6) is 5.75 Å². The molecule has 1 fully saturated rings. The van der Waals surface area contributed by atoms with Crippen LogP contribution in [0, 0.1) is 10.1 Å². The summed E-state index contributed by atoms with van der Waals surface area (Å²) in [5.74, 6) is 0.291. The summed E-state index contributed by atoms with van der Waals surface area (Å²) < 4.78 is 5.19. The molecule has 2 aromatic rings. The van der Waals surface area contributed by atoms with Gasteiger partial charge in [0.2, 0.25) is 5.91 Å². The molecule has 0 heterocycles. The van der Waals surface area contributed by atoms with Gasteiger partial charge in [0, 0.05) is 24.1 Å². The average molecular weight is 369 g/mol. The number of carbonyl (C=O) groups excluding carboxylic acids is 1. The van der Waals surface area contributed by atoms with E-state index in [9.17, 15) is 14.9 Å². The molecule has 0 aromatic heterocycles. The van der Waals surface area contributed by atoms with Crippen molar-refractivity contribution >= 4 is 17.3 Å². The number of nitro groups is 1. The van der Waals surface area contributed by atoms with Crippen molar-refractivity contribution in [3.05, 3.63) is 64.2 Å². The molecule has 0 saturated heterocycles. The van der Waals surface area contributed by atoms with Crippen LogP contribution in [0.2, 0.25) is 0 Å². The number of methoxy groups -OCH3 is 1. The molecule has 7 nitrogen and oxygen atoms in total. The van der Waals surface area contributed by atoms with E-state index >= 15 is 0 Å². The molecule has 2 aromatic carbocycles. The number of nitro benzene ring substituents is 1. The Labute approximate surface area is 157 Å². The topological polar surface area (TPSA) is 93.5 Å². The molecular weight excluding hydrogens is 346 g/mol. The van der Waals surface area contributed by atoms with Crippen LogP contribution in [0.3, 0.4) is 0 Å². The summed E-state index contributed by atoms with van der Waals surface area (Å²) in [6.45, 7) is 0.603. The molecule has 3 rings (SSSR count). The zero-order chi connectivity index (χ0) is 19.3. The molecule has 0 aliphatic heterocycles. The third-order valence-electron chi connectivity index (χ3n) is 5.15. The van der Waals surface area contributed by atoms with Gasteiger partial charge in [-0.1, -0.05) is 36.8 Å². The SMILES string of the molecule is COc1ccc([N+](=O)[O-])cc1NCC(=O)NCC1(c2ccccc2)CCC1. The fraction of sp³-hybridized carbons (Fsp3) is 0.350. The van der Waals surface area contributed by atoms with E-state index in [1.54, 1.807) is 0 Å². The standard InChI is InChI=1S/C20H23N3O4/c1-27-18-9-8-16(23(25)26)12-17(18)21-13-19(24)22-14-20(10-5-11-20)15-6-3-2-4-7-15/h2-4,6-9,12,21H,5,10-11,13-14H2,1H3,(H,22,24). The summed E-state index contributed by atoms with van der Waals surface area (Å²) in [4.78, 5) is 22.8. The lowest BCUT2D eigenvalue weighted by Crippen LogP contribution is -2.46. The van der Waals surface area contributed by atoms with Crippen molar-refractivity contribution in [2.45, 2.75) is 24.7 Å². The number of anilines is 1. The van der Waals surface area contributed by atoms with Gasteiger partial charge in [-0.3, -0.25) is 14.9 Å². The molecule has 27 heavy (non-hydrogen) atoms. The Morgan fingerprint density at radius 1 is 1.22 bits per heavy atom. The lowest BCUT2D eigenvalue weighted by Gasteiger charge is -2.42. The van der Waals surface area contributed by atoms with Crippen LogP contribution in [0.15, 0.2) is 48.5 Å². The number of carbonyl (C=O) groups is 1. The maximum Gasteiger partial charge on any atom is 0.271 e. The molecule has 0 spiro atoms. The van der Waals surface area contributed by atoms with Crippen molar-refractivity contribution in [1.29, 1.82) is 0 Å². The minimum atomic E-state index is -0.481. The first-order valence-corrected chi connectivity index (χ1v) is 8.93. The van der Waals surface area contributed by atoms with Crippen molar-refractivity contribution in [3.63, 3.8) is 0 Å². The van der Waals surface area contributed by atoms with Crippen LogP contribution in [0.1, 0.15) is 24.8 Å². The maximum absolute atomic E-state index is 12.3. The van der Waals surface area contributed by atoms with E-state index in [2.05, 4.69) is 22.8 Å². The molecule has 1 aliphatic rings. The molecule has 7 heteroatoms. The molecule has 0 unspecified atom stereocenters. The highest BCUT2D eigenvalue weighted by Crippen LogP contribution is 2.43. The van der Waals surface area contributed by atoms with Gasteiger partial charge in [-0.05, 0) is 24.5 Å². The van der Waals surface area contributed by atoms with Crippen LogP contribution in [0.4, 0.5) is 11.4 Å². The van der Waals surface area contributed by atoms with Gasteiger partial charge in [-0.15, -0.1) is 0 Å². The molecule has 142 valence electrons. The largest absolute Gasteiger partial charge is 0.495 e. The quantitative estimate of drug-likeness (QED) is 0.550. The Hall–Kier alpha value is -3.09. The number of hydrogen-bond acceptors (Lipinski definition) is 5. The van der Waals surface area contributed by atoms with Gasteiger partial charge in [0.15, 0.2) is 0 Å². The highest BCUT2D eigenvalue weighted by Gasteiger charge is 2.38. The summed E-state index contributed by atoms with van der Waals surface area (Å²) in [5.41, 5.74) is 1.63. The molecule has 1 saturated carbocycles. The van der Waals surface area contributed by atoms with E-state index < -0.39 is 4.92 Å². The van der Waals surface area contributed by atoms with Gasteiger partial charge in [-0.2, -0.15) is 0 Å². The van der Waals surface area contributed by atoms with Crippen molar-refractivity contribution < 1.29 is 14.5 Å². The van der Waals surface area contributed by atoms with Gasteiger partial charge >= 0.3 is 0 Å². The Morgan fingerprint density at radius 3 is 2.56 bits per heavy atom. The van der Waals surface area contributed by atoms with E-state index in [1.165, 1.54) is 30.9 Å². The van der Waals surface area contributed by atoms with Crippen molar-refractivity contribution in [2.24, 2.45) is 0 Å². The van der Waals surface area contributed by atoms with Gasteiger partial charge < -0.3 is 15.4 Å². The smallest absolute Gasteiger partial charge is 0.271 e. The van der Waals surface area contributed by atoms with Crippen molar-refractivity contribution in [1.82, 2.24) is 5.32 Å². The van der Waals surface area contributed by atoms with Crippen molar-refractivity contribution in [2.75, 3.05) is 25.5 Å². The number of ether oxygens (including phenoxy) is 1. The molecule has 1 amide bonds. The Balaban J connectivity index is 1.59. The monoisotopic (exact) mass is 369 g/mol. The molecule has 1 aliphatic carbocycles. The first-order chi connectivity index (χ1) is 13.0. The number of amides is 1. The number of hydrogen-bond donors (Lipinski definition) is 2. The lowest BCUT2D eigenvalue weighted by molar-refractivity contribution is -0.384. The van der Waals surface area contributed by atoms with E-state index in [4.69, 9.17) is 4.74 Å². The summed E-state index contributed by atoms with van der Waals surface area (Å²) in [6, 6.07) is 14.5. The number of non-ortho nitro benzene ring substituents is 1. The molecular formula is C20H23N3O4. The molecule has 0 radical (unpaired) electrons. The minimum Gasteiger partial charge on any atom is -0.495 e. The number of benzene rings is 2. The van der Waals surface area contributed by atoms with E-state index in [0.717, 1.165) is 19.3 Å². The molecule has 2 N–H and O–H groups in total. The Morgan fingerprint density at radius 2 is 1.96 bits per heavy atom. The lowest BCUT2D eigenvalue weighted by atomic mass is 9.64. The fourth-order valence-electron chi connectivity index (χ4n) is 3.42. The highest BCUT2D eigenvalue weighted by atomic mass is 16.6. The summed E-state index contributed by atoms with van der Waals surface area (Å²) >= 11 is 0. The van der Waals surface area contributed by atoms with Crippen LogP contribution < -0.4 is 15.4 Å². The van der Waals surface area contributed by atoms with Gasteiger partial charge in [0.25, 0.3) is 5.69 Å². The Bertz CT molecular complexity index is 819. The van der Waals surface area contributed by atoms with E-state index in [-0.39, 0.29) is 23.6 Å². The van der Waals surface area contributed by atoms with Gasteiger partial charge in [0.05, 0.1) is 24.3 Å². The number of nitrogens with zero attached hydrogens (tertiary/aromatic N) is 1. The predicted molar refractivity (Wildman–Crippen MR) is 103 cm³/mol. The molecule has 0 atom stereocenters. The fourth-order valence-corrected chi connectivity index (χ4v) is 3.42. The summed E-state index contributed by atoms with van der Waals surface area (Å²) in [6.07, 6.45) is 3.28. The zero-order valence-electron chi connectivity index (χ0n) is 15.2. The minimum absolute atomic E-state index is 0.0140. The maximum atomic E-state index is 12.3. The first kappa shape index (κ1) is 18.7. The second-order valence-corrected chi connectivity index (χ2v) is 6.77. The summed E-state index contributed by atoms with van der Waals surface area (Å²) in [7, 11) is 1.48. The number of nitrogens with one attached hydrogen (secondary N) is 2. The second kappa shape index (κ2) is 8.07. The van der Waals surface area contributed by atoms with Crippen LogP contribution in [-0.4, -0.2) is 31.0 Å². The highest BCUT2D eigenvalue weighted by molar-refractivity contribution is 5.81. The van der Waals surface area contributed by atoms with E-state index in [0.29, 0.717) is 18.0 Å². The Kier molecular flexibility index (Phi) is 5.59. The number of rotatable bonds is 8. The van der Waals surface area contributed by atoms with Gasteiger partial charge in [-0.25, -0.2) is 0 Å². The summed E-state index contributed by atoms with van der Waals surface area (Å²) in [5, 5.41) is 16.9. The van der Waals surface area contributed by atoms with Crippen LogP contribution in [0.25, 0.3) is 0 Å². The van der Waals surface area contributed by atoms with Crippen molar-refractivity contribution in [3.8, 4) is 5.75 Å². The normalized spacial score (nSPS) is 14.7. The average Bonchev–Trinajstić information content (AvgIpc) is 2.66. The third kappa shape index (κ3) is 4.19. The predicted octanol–water partition coefficient (Wildman–Crippen LogP) is 3.25. The zero-order valence-corrected chi connectivity index (χ0v) is 15.2. The van der Waals surface area contributed by atoms with Gasteiger partial charge in [0.1, 0.15) is 5.75 Å². The third-order valence-corrected chi connectivity index (χ3v) is 5.15. The first-order valence-electron chi connectivity index (χ1n) is 8.93. The van der Waals surface area contributed by atoms with Crippen LogP contribution >= 0.6 is 0 Å². The molecule has 0 bridgehead atoms. The van der Waals surface area contributed by atoms with E-state index in [1.807, 2.05) is 18.2 Å². The van der Waals surface area contributed by atoms with Crippen LogP contribution in [-0.2, 0) is 10.2 Å².